The second-order valence-corrected chi connectivity index (χ2v) is 5.16. The molecule has 10 nitrogen and oxygen atoms in total. The molecule has 0 aliphatic carbocycles. The van der Waals surface area contributed by atoms with Crippen molar-refractivity contribution >= 4 is 28.7 Å². The van der Waals surface area contributed by atoms with E-state index in [0.717, 1.165) is 0 Å². The average Bonchev–Trinajstić information content (AvgIpc) is 2.65. The molecule has 27 heavy (non-hydrogen) atoms. The smallest absolute Gasteiger partial charge is 0.356 e. The number of benzene rings is 2. The molecule has 0 atom stereocenters. The van der Waals surface area contributed by atoms with E-state index in [-0.39, 0.29) is 23.7 Å². The summed E-state index contributed by atoms with van der Waals surface area (Å²) in [5.41, 5.74) is 0.410. The van der Waals surface area contributed by atoms with Gasteiger partial charge in [0.2, 0.25) is 0 Å². The molecule has 0 aromatic heterocycles. The number of non-ortho nitro benzene ring substituents is 2. The molecule has 0 unspecified atom stereocenters. The maximum absolute atomic E-state index is 12.1. The van der Waals surface area contributed by atoms with Crippen LogP contribution in [0, 0.1) is 20.2 Å². The van der Waals surface area contributed by atoms with Gasteiger partial charge in [0.1, 0.15) is 5.70 Å². The number of carbonyl (C=O) groups excluding carboxylic acids is 1. The number of hydrogen-bond donors (Lipinski definition) is 2. The highest BCUT2D eigenvalue weighted by Crippen LogP contribution is 2.20. The van der Waals surface area contributed by atoms with Gasteiger partial charge in [-0.05, 0) is 19.1 Å². The number of ether oxygens (including phenoxy) is 1. The number of nitrogens with one attached hydrogen (secondary N) is 2. The first kappa shape index (κ1) is 19.4. The number of nitrogens with zero attached hydrogens (tertiary/aromatic N) is 2. The summed E-state index contributed by atoms with van der Waals surface area (Å²) >= 11 is 0. The fourth-order valence-corrected chi connectivity index (χ4v) is 2.07. The lowest BCUT2D eigenvalue weighted by Gasteiger charge is -2.11. The minimum atomic E-state index is -0.693. The van der Waals surface area contributed by atoms with Crippen molar-refractivity contribution in [1.82, 2.24) is 0 Å². The predicted molar refractivity (Wildman–Crippen MR) is 98.2 cm³/mol. The van der Waals surface area contributed by atoms with E-state index in [2.05, 4.69) is 10.6 Å². The Bertz CT molecular complexity index is 896. The minimum absolute atomic E-state index is 0.0242. The van der Waals surface area contributed by atoms with Crippen molar-refractivity contribution in [2.75, 3.05) is 17.2 Å². The van der Waals surface area contributed by atoms with Gasteiger partial charge in [0, 0.05) is 41.8 Å². The molecule has 0 radical (unpaired) electrons. The molecule has 0 spiro atoms. The molecule has 0 aliphatic rings. The van der Waals surface area contributed by atoms with Crippen LogP contribution >= 0.6 is 0 Å². The van der Waals surface area contributed by atoms with E-state index < -0.39 is 15.8 Å². The second-order valence-electron chi connectivity index (χ2n) is 5.16. The quantitative estimate of drug-likeness (QED) is 0.311. The molecule has 2 rings (SSSR count). The summed E-state index contributed by atoms with van der Waals surface area (Å²) in [5, 5.41) is 27.2. The highest BCUT2D eigenvalue weighted by atomic mass is 16.6. The summed E-state index contributed by atoms with van der Waals surface area (Å²) in [7, 11) is 0. The maximum Gasteiger partial charge on any atom is 0.356 e. The molecule has 10 heteroatoms. The van der Waals surface area contributed by atoms with Crippen LogP contribution in [0.4, 0.5) is 22.7 Å². The molecule has 0 aliphatic heterocycles. The van der Waals surface area contributed by atoms with Gasteiger partial charge in [-0.3, -0.25) is 20.2 Å². The van der Waals surface area contributed by atoms with Gasteiger partial charge < -0.3 is 15.4 Å². The van der Waals surface area contributed by atoms with Crippen molar-refractivity contribution in [2.45, 2.75) is 6.92 Å². The molecule has 0 heterocycles. The van der Waals surface area contributed by atoms with E-state index in [1.165, 1.54) is 42.6 Å². The van der Waals surface area contributed by atoms with Gasteiger partial charge in [-0.1, -0.05) is 12.1 Å². The van der Waals surface area contributed by atoms with Gasteiger partial charge in [-0.25, -0.2) is 4.79 Å². The fourth-order valence-electron chi connectivity index (χ4n) is 2.07. The maximum atomic E-state index is 12.1. The van der Waals surface area contributed by atoms with E-state index in [1.807, 2.05) is 0 Å². The fraction of sp³-hybridized carbons (Fsp3) is 0.118. The summed E-state index contributed by atoms with van der Waals surface area (Å²) in [6, 6.07) is 11.3. The summed E-state index contributed by atoms with van der Waals surface area (Å²) < 4.78 is 4.95. The van der Waals surface area contributed by atoms with Crippen molar-refractivity contribution in [3.8, 4) is 0 Å². The molecule has 0 fully saturated rings. The summed E-state index contributed by atoms with van der Waals surface area (Å²) in [6.07, 6.45) is 1.27. The summed E-state index contributed by atoms with van der Waals surface area (Å²) in [6.45, 7) is 1.76. The van der Waals surface area contributed by atoms with Crippen LogP contribution in [0.3, 0.4) is 0 Å². The Morgan fingerprint density at radius 1 is 1.04 bits per heavy atom. The third kappa shape index (κ3) is 5.53. The number of nitro groups is 2. The number of nitro benzene ring substituents is 2. The lowest BCUT2D eigenvalue weighted by Crippen LogP contribution is -2.16. The monoisotopic (exact) mass is 372 g/mol. The van der Waals surface area contributed by atoms with Gasteiger partial charge in [0.15, 0.2) is 0 Å². The Labute approximate surface area is 153 Å². The van der Waals surface area contributed by atoms with E-state index in [0.29, 0.717) is 11.4 Å². The molecule has 2 aromatic carbocycles. The predicted octanol–water partition coefficient (Wildman–Crippen LogP) is 3.43. The van der Waals surface area contributed by atoms with E-state index in [4.69, 9.17) is 4.74 Å². The molecular weight excluding hydrogens is 356 g/mol. The standard InChI is InChI=1S/C17H16N4O6/c1-2-27-17(22)16(19-13-6-4-8-15(10-13)21(25)26)11-18-12-5-3-7-14(9-12)20(23)24/h3-11,18-19H,2H2,1H3/b16-11+. The van der Waals surface area contributed by atoms with E-state index >= 15 is 0 Å². The van der Waals surface area contributed by atoms with Gasteiger partial charge in [0.25, 0.3) is 11.4 Å². The zero-order chi connectivity index (χ0) is 19.8. The van der Waals surface area contributed by atoms with Crippen LogP contribution in [0.5, 0.6) is 0 Å². The van der Waals surface area contributed by atoms with Crippen molar-refractivity contribution in [2.24, 2.45) is 0 Å². The van der Waals surface area contributed by atoms with Gasteiger partial charge in [-0.15, -0.1) is 0 Å². The first-order valence-corrected chi connectivity index (χ1v) is 7.80. The first-order chi connectivity index (χ1) is 12.9. The largest absolute Gasteiger partial charge is 0.461 e. The normalized spacial score (nSPS) is 10.8. The van der Waals surface area contributed by atoms with Crippen LogP contribution in [0.25, 0.3) is 0 Å². The zero-order valence-electron chi connectivity index (χ0n) is 14.2. The van der Waals surface area contributed by atoms with Gasteiger partial charge in [0.05, 0.1) is 16.5 Å². The van der Waals surface area contributed by atoms with E-state index in [9.17, 15) is 25.0 Å². The summed E-state index contributed by atoms with van der Waals surface area (Å²) in [5.74, 6) is -0.693. The molecule has 2 aromatic rings. The lowest BCUT2D eigenvalue weighted by atomic mass is 10.2. The number of rotatable bonds is 8. The van der Waals surface area contributed by atoms with Crippen molar-refractivity contribution < 1.29 is 19.4 Å². The summed E-state index contributed by atoms with van der Waals surface area (Å²) in [4.78, 5) is 32.7. The van der Waals surface area contributed by atoms with Gasteiger partial charge >= 0.3 is 5.97 Å². The number of anilines is 2. The zero-order valence-corrected chi connectivity index (χ0v) is 14.2. The van der Waals surface area contributed by atoms with Gasteiger partial charge in [-0.2, -0.15) is 0 Å². The molecular formula is C17H16N4O6. The highest BCUT2D eigenvalue weighted by Gasteiger charge is 2.13. The van der Waals surface area contributed by atoms with Crippen LogP contribution < -0.4 is 10.6 Å². The Balaban J connectivity index is 2.26. The van der Waals surface area contributed by atoms with Crippen LogP contribution in [-0.2, 0) is 9.53 Å². The third-order valence-corrected chi connectivity index (χ3v) is 3.27. The molecule has 2 N–H and O–H groups in total. The van der Waals surface area contributed by atoms with E-state index in [1.54, 1.807) is 19.1 Å². The van der Waals surface area contributed by atoms with Crippen LogP contribution in [0.15, 0.2) is 60.4 Å². The third-order valence-electron chi connectivity index (χ3n) is 3.27. The second kappa shape index (κ2) is 8.94. The van der Waals surface area contributed by atoms with Crippen molar-refractivity contribution in [3.05, 3.63) is 80.7 Å². The number of hydrogen-bond acceptors (Lipinski definition) is 8. The van der Waals surface area contributed by atoms with Crippen LogP contribution in [0.1, 0.15) is 6.92 Å². The molecule has 0 bridgehead atoms. The molecule has 0 amide bonds. The topological polar surface area (TPSA) is 137 Å². The number of esters is 1. The van der Waals surface area contributed by atoms with Crippen molar-refractivity contribution in [1.29, 1.82) is 0 Å². The molecule has 0 saturated heterocycles. The Kier molecular flexibility index (Phi) is 6.42. The Morgan fingerprint density at radius 3 is 2.15 bits per heavy atom. The highest BCUT2D eigenvalue weighted by molar-refractivity contribution is 5.92. The average molecular weight is 372 g/mol. The van der Waals surface area contributed by atoms with Crippen LogP contribution in [0.2, 0.25) is 0 Å². The first-order valence-electron chi connectivity index (χ1n) is 7.80. The SMILES string of the molecule is CCOC(=O)/C(=C\Nc1cccc([N+](=O)[O-])c1)Nc1cccc([N+](=O)[O-])c1. The van der Waals surface area contributed by atoms with Crippen molar-refractivity contribution in [3.63, 3.8) is 0 Å². The minimum Gasteiger partial charge on any atom is -0.461 e. The Morgan fingerprint density at radius 2 is 1.59 bits per heavy atom. The molecule has 0 saturated carbocycles. The Hall–Kier alpha value is -3.95. The molecule has 140 valence electrons. The number of carbonyl (C=O) groups is 1. The lowest BCUT2D eigenvalue weighted by molar-refractivity contribution is -0.385. The van der Waals surface area contributed by atoms with Crippen LogP contribution in [-0.4, -0.2) is 22.4 Å².